The molecule has 1 aliphatic carbocycles. The molecule has 33 heavy (non-hydrogen) atoms. The summed E-state index contributed by atoms with van der Waals surface area (Å²) in [5.41, 5.74) is 6.54. The number of carboxylic acids is 1. The number of urea groups is 1. The molecule has 1 atom stereocenters. The summed E-state index contributed by atoms with van der Waals surface area (Å²) in [7, 11) is 0. The summed E-state index contributed by atoms with van der Waals surface area (Å²) in [6.45, 7) is 1.49. The number of carboxylic acid groups (broad SMARTS) is 1. The Morgan fingerprint density at radius 1 is 1.12 bits per heavy atom. The maximum absolute atomic E-state index is 15.2. The number of primary amides is 1. The maximum atomic E-state index is 15.2. The fourth-order valence-electron chi connectivity index (χ4n) is 3.62. The first-order valence-electron chi connectivity index (χ1n) is 10.4. The van der Waals surface area contributed by atoms with Crippen LogP contribution in [0.2, 0.25) is 0 Å². The van der Waals surface area contributed by atoms with Crippen LogP contribution >= 0.6 is 0 Å². The van der Waals surface area contributed by atoms with Gasteiger partial charge in [-0.1, -0.05) is 36.8 Å². The topological polar surface area (TPSA) is 86.9 Å². The van der Waals surface area contributed by atoms with Gasteiger partial charge in [0.05, 0.1) is 12.1 Å². The fraction of sp³-hybridized carbons (Fsp3) is 0.455. The highest BCUT2D eigenvalue weighted by Crippen LogP contribution is 2.36. The van der Waals surface area contributed by atoms with E-state index in [1.165, 1.54) is 17.1 Å². The van der Waals surface area contributed by atoms with Gasteiger partial charge in [-0.05, 0) is 37.0 Å². The number of alkyl halides is 4. The third-order valence-corrected chi connectivity index (χ3v) is 5.33. The molecular weight excluding hydrogens is 449 g/mol. The summed E-state index contributed by atoms with van der Waals surface area (Å²) in [6, 6.07) is 8.84. The monoisotopic (exact) mass is 475 g/mol. The summed E-state index contributed by atoms with van der Waals surface area (Å²) in [6.07, 6.45) is 0.729. The third-order valence-electron chi connectivity index (χ3n) is 5.33. The summed E-state index contributed by atoms with van der Waals surface area (Å²) >= 11 is 0. The molecule has 1 unspecified atom stereocenters. The molecule has 2 aliphatic rings. The molecule has 3 rings (SSSR count). The van der Waals surface area contributed by atoms with Crippen LogP contribution in [0.4, 0.5) is 26.7 Å². The van der Waals surface area contributed by atoms with Crippen LogP contribution in [0.15, 0.2) is 54.0 Å². The highest BCUT2D eigenvalue weighted by Gasteiger charge is 2.40. The average Bonchev–Trinajstić information content (AvgIpc) is 2.76. The van der Waals surface area contributed by atoms with E-state index in [4.69, 9.17) is 15.6 Å². The molecule has 6 nitrogen and oxygen atoms in total. The number of carbonyl (C=O) groups is 2. The zero-order valence-electron chi connectivity index (χ0n) is 17.8. The van der Waals surface area contributed by atoms with E-state index in [-0.39, 0.29) is 18.7 Å². The van der Waals surface area contributed by atoms with Crippen LogP contribution in [0, 0.1) is 0 Å². The van der Waals surface area contributed by atoms with E-state index in [0.29, 0.717) is 19.5 Å². The number of carbonyl (C=O) groups excluding carboxylic acids is 1. The Morgan fingerprint density at radius 2 is 1.70 bits per heavy atom. The van der Waals surface area contributed by atoms with E-state index in [2.05, 4.69) is 0 Å². The number of benzene rings is 1. The molecular formula is C22H26F5N3O3. The Kier molecular flexibility index (Phi) is 8.98. The molecule has 0 saturated carbocycles. The van der Waals surface area contributed by atoms with Crippen molar-refractivity contribution in [1.29, 1.82) is 0 Å². The lowest BCUT2D eigenvalue weighted by molar-refractivity contribution is -0.192. The van der Waals surface area contributed by atoms with Gasteiger partial charge >= 0.3 is 18.2 Å². The second-order valence-corrected chi connectivity index (χ2v) is 7.69. The molecule has 0 aromatic heterocycles. The minimum absolute atomic E-state index is 0.0683. The lowest BCUT2D eigenvalue weighted by atomic mass is 9.98. The number of allylic oxidation sites excluding steroid dienone is 1. The predicted octanol–water partition coefficient (Wildman–Crippen LogP) is 4.54. The molecule has 3 N–H and O–H groups in total. The van der Waals surface area contributed by atoms with Crippen molar-refractivity contribution in [3.63, 3.8) is 0 Å². The van der Waals surface area contributed by atoms with E-state index < -0.39 is 29.8 Å². The highest BCUT2D eigenvalue weighted by atomic mass is 19.4. The Labute approximate surface area is 188 Å². The second kappa shape index (κ2) is 11.3. The first-order valence-corrected chi connectivity index (χ1v) is 10.4. The molecule has 1 saturated heterocycles. The average molecular weight is 475 g/mol. The number of piperidine rings is 1. The van der Waals surface area contributed by atoms with Crippen LogP contribution in [0.25, 0.3) is 0 Å². The summed E-state index contributed by atoms with van der Waals surface area (Å²) < 4.78 is 61.7. The second-order valence-electron chi connectivity index (χ2n) is 7.69. The van der Waals surface area contributed by atoms with Gasteiger partial charge in [-0.3, -0.25) is 9.80 Å². The van der Waals surface area contributed by atoms with Crippen LogP contribution in [0.1, 0.15) is 31.2 Å². The van der Waals surface area contributed by atoms with Crippen LogP contribution < -0.4 is 5.73 Å². The molecule has 0 radical (unpaired) electrons. The van der Waals surface area contributed by atoms with Crippen molar-refractivity contribution in [3.05, 3.63) is 59.6 Å². The fourth-order valence-corrected chi connectivity index (χ4v) is 3.62. The van der Waals surface area contributed by atoms with Crippen molar-refractivity contribution in [2.45, 2.75) is 44.1 Å². The van der Waals surface area contributed by atoms with Gasteiger partial charge in [0.25, 0.3) is 0 Å². The Morgan fingerprint density at radius 3 is 2.18 bits per heavy atom. The van der Waals surface area contributed by atoms with E-state index in [1.54, 1.807) is 4.90 Å². The SMILES string of the molecule is NC(=O)N(CCc1ccccc1)C1=C(F)CC(F)(N2CCCCC2)C=C1.O=C(O)C(F)(F)F. The highest BCUT2D eigenvalue weighted by molar-refractivity contribution is 5.75. The summed E-state index contributed by atoms with van der Waals surface area (Å²) in [5, 5.41) is 7.12. The summed E-state index contributed by atoms with van der Waals surface area (Å²) in [4.78, 5) is 23.6. The van der Waals surface area contributed by atoms with E-state index >= 15 is 4.39 Å². The zero-order chi connectivity index (χ0) is 24.6. The van der Waals surface area contributed by atoms with Crippen LogP contribution in [0.5, 0.6) is 0 Å². The number of nitrogens with two attached hydrogens (primary N) is 1. The minimum atomic E-state index is -5.08. The van der Waals surface area contributed by atoms with Gasteiger partial charge in [0.2, 0.25) is 0 Å². The molecule has 1 fully saturated rings. The van der Waals surface area contributed by atoms with Gasteiger partial charge in [0.1, 0.15) is 5.83 Å². The lowest BCUT2D eigenvalue weighted by Crippen LogP contribution is -2.48. The van der Waals surface area contributed by atoms with Crippen molar-refractivity contribution in [2.75, 3.05) is 19.6 Å². The van der Waals surface area contributed by atoms with Crippen LogP contribution in [0.3, 0.4) is 0 Å². The zero-order valence-corrected chi connectivity index (χ0v) is 17.8. The first kappa shape index (κ1) is 26.3. The van der Waals surface area contributed by atoms with Crippen LogP contribution in [-0.4, -0.2) is 58.5 Å². The van der Waals surface area contributed by atoms with Gasteiger partial charge in [-0.15, -0.1) is 0 Å². The van der Waals surface area contributed by atoms with Gasteiger partial charge < -0.3 is 10.8 Å². The molecule has 11 heteroatoms. The van der Waals surface area contributed by atoms with E-state index in [9.17, 15) is 22.4 Å². The Bertz CT molecular complexity index is 883. The molecule has 1 aromatic carbocycles. The van der Waals surface area contributed by atoms with Crippen molar-refractivity contribution in [1.82, 2.24) is 9.80 Å². The predicted molar refractivity (Wildman–Crippen MR) is 111 cm³/mol. The number of halogens is 5. The van der Waals surface area contributed by atoms with Gasteiger partial charge in [0, 0.05) is 19.6 Å². The molecule has 0 spiro atoms. The van der Waals surface area contributed by atoms with Gasteiger partial charge in [0.15, 0.2) is 5.79 Å². The van der Waals surface area contributed by atoms with Crippen LogP contribution in [-0.2, 0) is 11.2 Å². The number of likely N-dealkylation sites (tertiary alicyclic amines) is 1. The molecule has 1 aliphatic heterocycles. The molecule has 1 aromatic rings. The van der Waals surface area contributed by atoms with Crippen molar-refractivity contribution < 1.29 is 36.6 Å². The number of nitrogens with zero attached hydrogens (tertiary/aromatic N) is 2. The van der Waals surface area contributed by atoms with Gasteiger partial charge in [-0.2, -0.15) is 13.2 Å². The number of rotatable bonds is 5. The standard InChI is InChI=1S/C20H25F2N3O.C2HF3O2/c21-17-15-20(22,24-12-5-2-6-13-24)11-9-18(17)25(19(23)26)14-10-16-7-3-1-4-8-16;3-2(4,5)1(6)7/h1,3-4,7-9,11H,2,5-6,10,12-15H2,(H2,23,26);(H,6,7). The number of amides is 2. The van der Waals surface area contributed by atoms with Crippen molar-refractivity contribution in [2.24, 2.45) is 5.73 Å². The smallest absolute Gasteiger partial charge is 0.475 e. The van der Waals surface area contributed by atoms with Gasteiger partial charge in [-0.25, -0.2) is 18.4 Å². The molecule has 2 amide bonds. The number of hydrogen-bond donors (Lipinski definition) is 2. The summed E-state index contributed by atoms with van der Waals surface area (Å²) in [5.74, 6) is -5.21. The first-order chi connectivity index (χ1) is 15.4. The largest absolute Gasteiger partial charge is 0.490 e. The minimum Gasteiger partial charge on any atom is -0.475 e. The van der Waals surface area contributed by atoms with Crippen molar-refractivity contribution >= 4 is 12.0 Å². The Hall–Kier alpha value is -2.95. The number of aliphatic carboxylic acids is 1. The van der Waals surface area contributed by atoms with E-state index in [0.717, 1.165) is 24.8 Å². The Balaban J connectivity index is 0.000000479. The molecule has 1 heterocycles. The molecule has 0 bridgehead atoms. The van der Waals surface area contributed by atoms with Crippen molar-refractivity contribution in [3.8, 4) is 0 Å². The quantitative estimate of drug-likeness (QED) is 0.484. The third kappa shape index (κ3) is 7.55. The van der Waals surface area contributed by atoms with E-state index in [1.807, 2.05) is 30.3 Å². The normalized spacial score (nSPS) is 21.2. The lowest BCUT2D eigenvalue weighted by Gasteiger charge is -2.40. The number of hydrogen-bond acceptors (Lipinski definition) is 3. The molecule has 182 valence electrons. The maximum Gasteiger partial charge on any atom is 0.490 e.